The molecule has 0 bridgehead atoms. The normalized spacial score (nSPS) is 18.3. The average Bonchev–Trinajstić information content (AvgIpc) is 3.02. The molecule has 4 rings (SSSR count). The van der Waals surface area contributed by atoms with Gasteiger partial charge in [0.25, 0.3) is 0 Å². The molecule has 8 nitrogen and oxygen atoms in total. The minimum absolute atomic E-state index is 0.107. The number of aliphatic hydroxyl groups is 1. The van der Waals surface area contributed by atoms with E-state index in [9.17, 15) is 36.6 Å². The number of anilines is 1. The van der Waals surface area contributed by atoms with Crippen molar-refractivity contribution < 1.29 is 50.5 Å². The van der Waals surface area contributed by atoms with Gasteiger partial charge in [0.05, 0.1) is 18.8 Å². The maximum absolute atomic E-state index is 15.0. The zero-order valence-electron chi connectivity index (χ0n) is 24.5. The van der Waals surface area contributed by atoms with E-state index in [1.54, 1.807) is 11.4 Å². The number of alkyl carbamates (subject to hydrolysis) is 1. The van der Waals surface area contributed by atoms with E-state index in [2.05, 4.69) is 10.6 Å². The van der Waals surface area contributed by atoms with Gasteiger partial charge >= 0.3 is 12.3 Å². The van der Waals surface area contributed by atoms with Gasteiger partial charge in [-0.1, -0.05) is 30.3 Å². The second-order valence-corrected chi connectivity index (χ2v) is 10.8. The Morgan fingerprint density at radius 2 is 1.61 bits per heavy atom. The van der Waals surface area contributed by atoms with Gasteiger partial charge < -0.3 is 30.5 Å². The van der Waals surface area contributed by atoms with Crippen LogP contribution < -0.4 is 16.0 Å². The maximum Gasteiger partial charge on any atom is 0.407 e. The van der Waals surface area contributed by atoms with E-state index < -0.39 is 79.6 Å². The Morgan fingerprint density at radius 3 is 2.20 bits per heavy atom. The van der Waals surface area contributed by atoms with E-state index >= 15 is 4.39 Å². The SMILES string of the molecule is O=C(CC(c1ccc(F)cc1)c1ccc(F)cc1)Nc1cccc(F)c1CC[C@@H]1CN[C@H](CO)[C@@H](COC(=O)NCC(F)(F)F)O1. The molecule has 0 aliphatic carbocycles. The first kappa shape index (κ1) is 34.7. The van der Waals surface area contributed by atoms with Crippen LogP contribution in [0, 0.1) is 17.5 Å². The summed E-state index contributed by atoms with van der Waals surface area (Å²) in [4.78, 5) is 24.9. The summed E-state index contributed by atoms with van der Waals surface area (Å²) in [5.74, 6) is -2.50. The number of benzene rings is 3. The summed E-state index contributed by atoms with van der Waals surface area (Å²) in [7, 11) is 0. The Bertz CT molecular complexity index is 1410. The highest BCUT2D eigenvalue weighted by atomic mass is 19.4. The van der Waals surface area contributed by atoms with Gasteiger partial charge in [0, 0.05) is 30.1 Å². The van der Waals surface area contributed by atoms with Crippen LogP contribution in [0.15, 0.2) is 66.7 Å². The second kappa shape index (κ2) is 15.9. The summed E-state index contributed by atoms with van der Waals surface area (Å²) < 4.78 is 90.0. The molecular weight excluding hydrogens is 620 g/mol. The Kier molecular flexibility index (Phi) is 12.0. The molecule has 1 aliphatic rings. The molecule has 14 heteroatoms. The lowest BCUT2D eigenvalue weighted by Gasteiger charge is -2.36. The second-order valence-electron chi connectivity index (χ2n) is 10.8. The molecule has 1 aliphatic heterocycles. The Morgan fingerprint density at radius 1 is 0.978 bits per heavy atom. The zero-order valence-corrected chi connectivity index (χ0v) is 24.5. The number of nitrogens with one attached hydrogen (secondary N) is 3. The first-order valence-electron chi connectivity index (χ1n) is 14.5. The van der Waals surface area contributed by atoms with Crippen LogP contribution in [0.5, 0.6) is 0 Å². The summed E-state index contributed by atoms with van der Waals surface area (Å²) in [6.45, 7) is -2.16. The Labute approximate surface area is 261 Å². The summed E-state index contributed by atoms with van der Waals surface area (Å²) in [6, 6.07) is 14.8. The van der Waals surface area contributed by atoms with Gasteiger partial charge in [0.2, 0.25) is 5.91 Å². The monoisotopic (exact) mass is 653 g/mol. The predicted molar refractivity (Wildman–Crippen MR) is 156 cm³/mol. The number of carbonyl (C=O) groups is 2. The molecule has 248 valence electrons. The van der Waals surface area contributed by atoms with Gasteiger partial charge in [-0.3, -0.25) is 4.79 Å². The van der Waals surface area contributed by atoms with Crippen molar-refractivity contribution in [2.45, 2.75) is 49.6 Å². The van der Waals surface area contributed by atoms with Gasteiger partial charge in [-0.15, -0.1) is 0 Å². The molecular formula is C32H33F6N3O5. The van der Waals surface area contributed by atoms with E-state index in [0.29, 0.717) is 11.1 Å². The largest absolute Gasteiger partial charge is 0.447 e. The molecule has 46 heavy (non-hydrogen) atoms. The third-order valence-electron chi connectivity index (χ3n) is 7.48. The Balaban J connectivity index is 1.39. The molecule has 3 aromatic rings. The van der Waals surface area contributed by atoms with Crippen LogP contribution in [-0.4, -0.2) is 67.8 Å². The molecule has 2 amide bonds. The van der Waals surface area contributed by atoms with Crippen LogP contribution in [0.4, 0.5) is 36.8 Å². The van der Waals surface area contributed by atoms with Crippen molar-refractivity contribution in [2.75, 3.05) is 31.6 Å². The van der Waals surface area contributed by atoms with Crippen LogP contribution in [0.3, 0.4) is 0 Å². The fourth-order valence-corrected chi connectivity index (χ4v) is 5.13. The smallest absolute Gasteiger partial charge is 0.407 e. The lowest BCUT2D eigenvalue weighted by molar-refractivity contribution is -0.125. The van der Waals surface area contributed by atoms with Crippen LogP contribution in [0.2, 0.25) is 0 Å². The molecule has 1 heterocycles. The zero-order chi connectivity index (χ0) is 33.3. The van der Waals surface area contributed by atoms with Crippen LogP contribution in [-0.2, 0) is 20.7 Å². The summed E-state index contributed by atoms with van der Waals surface area (Å²) in [6.07, 6.45) is -7.12. The van der Waals surface area contributed by atoms with E-state index in [1.807, 2.05) is 0 Å². The van der Waals surface area contributed by atoms with Crippen LogP contribution in [0.25, 0.3) is 0 Å². The lowest BCUT2D eigenvalue weighted by atomic mass is 9.88. The third-order valence-corrected chi connectivity index (χ3v) is 7.48. The van der Waals surface area contributed by atoms with Crippen molar-refractivity contribution in [3.8, 4) is 0 Å². The van der Waals surface area contributed by atoms with Crippen molar-refractivity contribution in [3.05, 3.63) is 101 Å². The molecule has 3 aromatic carbocycles. The molecule has 1 saturated heterocycles. The van der Waals surface area contributed by atoms with Crippen LogP contribution in [0.1, 0.15) is 35.4 Å². The van der Waals surface area contributed by atoms with Crippen molar-refractivity contribution in [1.82, 2.24) is 10.6 Å². The standard InChI is InChI=1S/C32H33F6N3O5/c33-21-8-4-19(5-9-21)25(20-6-10-22(34)11-7-20)14-30(43)41-27-3-1-2-26(35)24(27)13-12-23-15-39-28(16-42)29(46-23)17-45-31(44)40-18-32(36,37)38/h1-11,23,25,28-29,39,42H,12-18H2,(H,40,44)(H,41,43)/t23-,28-,29-/m1/s1. The molecule has 1 fully saturated rings. The van der Waals surface area contributed by atoms with E-state index in [1.165, 1.54) is 60.7 Å². The molecule has 4 N–H and O–H groups in total. The molecule has 0 aromatic heterocycles. The number of rotatable bonds is 12. The number of hydrogen-bond donors (Lipinski definition) is 4. The van der Waals surface area contributed by atoms with Gasteiger partial charge in [-0.2, -0.15) is 13.2 Å². The van der Waals surface area contributed by atoms with E-state index in [4.69, 9.17) is 9.47 Å². The van der Waals surface area contributed by atoms with Crippen molar-refractivity contribution in [3.63, 3.8) is 0 Å². The highest BCUT2D eigenvalue weighted by Gasteiger charge is 2.33. The third kappa shape index (κ3) is 10.2. The van der Waals surface area contributed by atoms with Crippen molar-refractivity contribution >= 4 is 17.7 Å². The predicted octanol–water partition coefficient (Wildman–Crippen LogP) is 5.20. The highest BCUT2D eigenvalue weighted by Crippen LogP contribution is 2.30. The Hall–Kier alpha value is -4.14. The number of morpholine rings is 1. The van der Waals surface area contributed by atoms with Crippen molar-refractivity contribution in [2.24, 2.45) is 0 Å². The first-order valence-corrected chi connectivity index (χ1v) is 14.5. The number of hydrogen-bond acceptors (Lipinski definition) is 6. The first-order chi connectivity index (χ1) is 21.9. The number of aliphatic hydroxyl groups excluding tert-OH is 1. The molecule has 3 atom stereocenters. The number of carbonyl (C=O) groups excluding carboxylic acids is 2. The number of halogens is 6. The number of ether oxygens (including phenoxy) is 2. The topological polar surface area (TPSA) is 109 Å². The molecule has 0 saturated carbocycles. The summed E-state index contributed by atoms with van der Waals surface area (Å²) >= 11 is 0. The fourth-order valence-electron chi connectivity index (χ4n) is 5.13. The molecule has 0 spiro atoms. The van der Waals surface area contributed by atoms with Gasteiger partial charge in [-0.05, 0) is 60.4 Å². The molecule has 0 radical (unpaired) electrons. The van der Waals surface area contributed by atoms with Crippen molar-refractivity contribution in [1.29, 1.82) is 0 Å². The fraction of sp³-hybridized carbons (Fsp3) is 0.375. The minimum Gasteiger partial charge on any atom is -0.447 e. The summed E-state index contributed by atoms with van der Waals surface area (Å²) in [5, 5.41) is 17.0. The minimum atomic E-state index is -4.61. The van der Waals surface area contributed by atoms with Gasteiger partial charge in [0.1, 0.15) is 36.7 Å². The lowest BCUT2D eigenvalue weighted by Crippen LogP contribution is -2.56. The van der Waals surface area contributed by atoms with E-state index in [-0.39, 0.29) is 37.1 Å². The number of alkyl halides is 3. The molecule has 0 unspecified atom stereocenters. The van der Waals surface area contributed by atoms with Crippen LogP contribution >= 0.6 is 0 Å². The van der Waals surface area contributed by atoms with Gasteiger partial charge in [-0.25, -0.2) is 18.0 Å². The summed E-state index contributed by atoms with van der Waals surface area (Å²) in [5.41, 5.74) is 1.67. The van der Waals surface area contributed by atoms with Gasteiger partial charge in [0.15, 0.2) is 0 Å². The maximum atomic E-state index is 15.0. The average molecular weight is 654 g/mol. The number of amides is 2. The highest BCUT2D eigenvalue weighted by molar-refractivity contribution is 5.92. The quantitative estimate of drug-likeness (QED) is 0.200. The van der Waals surface area contributed by atoms with E-state index in [0.717, 1.165) is 0 Å².